The zero-order valence-electron chi connectivity index (χ0n) is 12.7. The molecule has 1 unspecified atom stereocenters. The largest absolute Gasteiger partial charge is 0.469 e. The molecule has 1 aliphatic rings. The molecule has 1 aromatic rings. The molecule has 1 heterocycles. The minimum absolute atomic E-state index is 0.165. The molecule has 1 fully saturated rings. The second-order valence-electron chi connectivity index (χ2n) is 5.13. The van der Waals surface area contributed by atoms with Gasteiger partial charge in [0.2, 0.25) is 0 Å². The summed E-state index contributed by atoms with van der Waals surface area (Å²) in [6.07, 6.45) is -5.01. The maximum absolute atomic E-state index is 13.2. The van der Waals surface area contributed by atoms with E-state index in [4.69, 9.17) is 0 Å². The van der Waals surface area contributed by atoms with Crippen LogP contribution in [0.2, 0.25) is 0 Å². The zero-order chi connectivity index (χ0) is 17.7. The lowest BCUT2D eigenvalue weighted by molar-refractivity contribution is -0.138. The number of esters is 1. The van der Waals surface area contributed by atoms with Crippen LogP contribution in [0, 0.1) is 0 Å². The van der Waals surface area contributed by atoms with Crippen LogP contribution in [0.3, 0.4) is 0 Å². The van der Waals surface area contributed by atoms with Gasteiger partial charge in [0.1, 0.15) is 0 Å². The Balaban J connectivity index is 0.000000463. The summed E-state index contributed by atoms with van der Waals surface area (Å²) in [6, 6.07) is 3.76. The minimum Gasteiger partial charge on any atom is -0.469 e. The summed E-state index contributed by atoms with van der Waals surface area (Å²) in [7, 11) is 1.35. The van der Waals surface area contributed by atoms with Crippen molar-refractivity contribution in [2.75, 3.05) is 13.7 Å². The molecule has 1 aliphatic heterocycles. The number of benzene rings is 1. The zero-order valence-corrected chi connectivity index (χ0v) is 12.7. The predicted molar refractivity (Wildman–Crippen MR) is 74.1 cm³/mol. The monoisotopic (exact) mass is 339 g/mol. The van der Waals surface area contributed by atoms with Crippen molar-refractivity contribution in [3.05, 3.63) is 35.4 Å². The van der Waals surface area contributed by atoms with E-state index in [1.54, 1.807) is 0 Å². The van der Waals surface area contributed by atoms with Crippen molar-refractivity contribution in [1.82, 2.24) is 5.32 Å². The highest BCUT2D eigenvalue weighted by atomic mass is 19.4. The van der Waals surface area contributed by atoms with Gasteiger partial charge in [-0.2, -0.15) is 13.2 Å². The van der Waals surface area contributed by atoms with E-state index >= 15 is 0 Å². The van der Waals surface area contributed by atoms with Crippen LogP contribution in [-0.2, 0) is 15.7 Å². The molecule has 0 aromatic heterocycles. The van der Waals surface area contributed by atoms with Crippen LogP contribution in [-0.4, -0.2) is 25.5 Å². The molecule has 0 aliphatic carbocycles. The maximum atomic E-state index is 13.2. The van der Waals surface area contributed by atoms with E-state index in [2.05, 4.69) is 10.1 Å². The number of rotatable bonds is 1. The Morgan fingerprint density at radius 2 is 1.78 bits per heavy atom. The Bertz CT molecular complexity index is 514. The van der Waals surface area contributed by atoms with Crippen molar-refractivity contribution in [3.8, 4) is 0 Å². The number of hydrogen-bond donors (Lipinski definition) is 1. The normalized spacial score (nSPS) is 20.2. The highest BCUT2D eigenvalue weighted by Gasteiger charge is 2.37. The molecule has 1 saturated heterocycles. The molecule has 2 rings (SSSR count). The van der Waals surface area contributed by atoms with E-state index in [1.165, 1.54) is 26.2 Å². The standard InChI is InChI=1S/C12H12F5N.C3H6O2/c13-11(14)5-6-18-10(7-11)8-1-3-9(4-2-8)12(15,16)17;1-3(4)5-2/h1-4,10,18H,5-7H2;1-2H3. The number of carbonyl (C=O) groups is 1. The lowest BCUT2D eigenvalue weighted by atomic mass is 9.94. The number of hydrogen-bond acceptors (Lipinski definition) is 3. The number of nitrogens with one attached hydrogen (secondary N) is 1. The quantitative estimate of drug-likeness (QED) is 0.622. The molecule has 0 spiro atoms. The van der Waals surface area contributed by atoms with Crippen LogP contribution in [0.15, 0.2) is 24.3 Å². The van der Waals surface area contributed by atoms with Gasteiger partial charge in [-0.15, -0.1) is 0 Å². The lowest BCUT2D eigenvalue weighted by Gasteiger charge is -2.30. The molecule has 3 nitrogen and oxygen atoms in total. The summed E-state index contributed by atoms with van der Waals surface area (Å²) in [4.78, 5) is 9.59. The van der Waals surface area contributed by atoms with E-state index in [-0.39, 0.29) is 25.4 Å². The SMILES string of the molecule is COC(C)=O.FC1(F)CCNC(c2ccc(C(F)(F)F)cc2)C1. The third-order valence-electron chi connectivity index (χ3n) is 3.31. The van der Waals surface area contributed by atoms with E-state index < -0.39 is 23.7 Å². The number of ether oxygens (including phenoxy) is 1. The van der Waals surface area contributed by atoms with Gasteiger partial charge in [-0.3, -0.25) is 4.79 Å². The Morgan fingerprint density at radius 3 is 2.17 bits per heavy atom. The Labute approximate surface area is 130 Å². The van der Waals surface area contributed by atoms with Gasteiger partial charge in [0.15, 0.2) is 0 Å². The van der Waals surface area contributed by atoms with Crippen LogP contribution >= 0.6 is 0 Å². The second kappa shape index (κ2) is 7.72. The average Bonchev–Trinajstić information content (AvgIpc) is 2.46. The van der Waals surface area contributed by atoms with Gasteiger partial charge in [0, 0.05) is 32.4 Å². The number of methoxy groups -OCH3 is 1. The first-order valence-corrected chi connectivity index (χ1v) is 6.88. The fourth-order valence-corrected chi connectivity index (χ4v) is 2.04. The van der Waals surface area contributed by atoms with Gasteiger partial charge in [0.25, 0.3) is 5.92 Å². The summed E-state index contributed by atoms with van der Waals surface area (Å²) < 4.78 is 67.5. The third kappa shape index (κ3) is 6.52. The summed E-state index contributed by atoms with van der Waals surface area (Å²) in [6.45, 7) is 1.53. The van der Waals surface area contributed by atoms with Gasteiger partial charge in [-0.1, -0.05) is 12.1 Å². The highest BCUT2D eigenvalue weighted by Crippen LogP contribution is 2.35. The van der Waals surface area contributed by atoms with Crippen LogP contribution < -0.4 is 5.32 Å². The number of alkyl halides is 5. The van der Waals surface area contributed by atoms with E-state index in [0.29, 0.717) is 5.56 Å². The summed E-state index contributed by atoms with van der Waals surface area (Å²) >= 11 is 0. The first-order valence-electron chi connectivity index (χ1n) is 6.88. The number of piperidine rings is 1. The fraction of sp³-hybridized carbons (Fsp3) is 0.533. The molecule has 8 heteroatoms. The van der Waals surface area contributed by atoms with Crippen LogP contribution in [0.4, 0.5) is 22.0 Å². The Hall–Kier alpha value is -1.70. The number of halogens is 5. The summed E-state index contributed by atoms with van der Waals surface area (Å²) in [5.41, 5.74) is -0.309. The lowest BCUT2D eigenvalue weighted by Crippen LogP contribution is -2.38. The van der Waals surface area contributed by atoms with E-state index in [9.17, 15) is 26.7 Å². The van der Waals surface area contributed by atoms with Crippen molar-refractivity contribution in [2.24, 2.45) is 0 Å². The van der Waals surface area contributed by atoms with E-state index in [1.807, 2.05) is 0 Å². The molecule has 23 heavy (non-hydrogen) atoms. The summed E-state index contributed by atoms with van der Waals surface area (Å²) in [5, 5.41) is 2.89. The van der Waals surface area contributed by atoms with E-state index in [0.717, 1.165) is 12.1 Å². The first kappa shape index (κ1) is 19.3. The average molecular weight is 339 g/mol. The second-order valence-corrected chi connectivity index (χ2v) is 5.13. The molecule has 0 saturated carbocycles. The van der Waals surface area contributed by atoms with Gasteiger partial charge >= 0.3 is 12.1 Å². The van der Waals surface area contributed by atoms with Crippen LogP contribution in [0.1, 0.15) is 36.9 Å². The van der Waals surface area contributed by atoms with Crippen LogP contribution in [0.25, 0.3) is 0 Å². The maximum Gasteiger partial charge on any atom is 0.416 e. The third-order valence-corrected chi connectivity index (χ3v) is 3.31. The predicted octanol–water partition coefficient (Wildman–Crippen LogP) is 3.94. The van der Waals surface area contributed by atoms with Gasteiger partial charge < -0.3 is 10.1 Å². The van der Waals surface area contributed by atoms with Gasteiger partial charge in [-0.05, 0) is 17.7 Å². The molecule has 1 atom stereocenters. The van der Waals surface area contributed by atoms with Crippen molar-refractivity contribution < 1.29 is 31.5 Å². The molecule has 130 valence electrons. The molecule has 0 amide bonds. The Kier molecular flexibility index (Phi) is 6.49. The molecule has 1 N–H and O–H groups in total. The van der Waals surface area contributed by atoms with Gasteiger partial charge in [0.05, 0.1) is 12.7 Å². The van der Waals surface area contributed by atoms with Crippen molar-refractivity contribution in [3.63, 3.8) is 0 Å². The molecule has 0 radical (unpaired) electrons. The van der Waals surface area contributed by atoms with Crippen molar-refractivity contribution >= 4 is 5.97 Å². The Morgan fingerprint density at radius 1 is 1.26 bits per heavy atom. The minimum atomic E-state index is -4.40. The molecule has 1 aromatic carbocycles. The van der Waals surface area contributed by atoms with Crippen molar-refractivity contribution in [2.45, 2.75) is 37.9 Å². The topological polar surface area (TPSA) is 38.3 Å². The van der Waals surface area contributed by atoms with Gasteiger partial charge in [-0.25, -0.2) is 8.78 Å². The molecular formula is C15H18F5NO2. The molecular weight excluding hydrogens is 321 g/mol. The number of carbonyl (C=O) groups excluding carboxylic acids is 1. The molecule has 0 bridgehead atoms. The fourth-order valence-electron chi connectivity index (χ4n) is 2.04. The smallest absolute Gasteiger partial charge is 0.416 e. The first-order chi connectivity index (χ1) is 10.5. The summed E-state index contributed by atoms with van der Waals surface area (Å²) in [5.74, 6) is -3.00. The van der Waals surface area contributed by atoms with Crippen molar-refractivity contribution in [1.29, 1.82) is 0 Å². The van der Waals surface area contributed by atoms with Crippen LogP contribution in [0.5, 0.6) is 0 Å². The highest BCUT2D eigenvalue weighted by molar-refractivity contribution is 5.65.